The molecule has 0 radical (unpaired) electrons. The molecule has 0 fully saturated rings. The first-order valence-electron chi connectivity index (χ1n) is 7.60. The Labute approximate surface area is 157 Å². The van der Waals surface area contributed by atoms with Crippen molar-refractivity contribution in [3.05, 3.63) is 50.8 Å². The van der Waals surface area contributed by atoms with Crippen molar-refractivity contribution in [3.63, 3.8) is 0 Å². The van der Waals surface area contributed by atoms with Crippen molar-refractivity contribution in [2.45, 2.75) is 26.4 Å². The second kappa shape index (κ2) is 8.21. The van der Waals surface area contributed by atoms with E-state index in [1.165, 1.54) is 0 Å². The van der Waals surface area contributed by atoms with Crippen molar-refractivity contribution in [1.29, 1.82) is 0 Å². The molecular formula is C16H19Cl3N4O. The summed E-state index contributed by atoms with van der Waals surface area (Å²) in [4.78, 5) is 14.6. The maximum atomic E-state index is 12.8. The third-order valence-electron chi connectivity index (χ3n) is 4.04. The van der Waals surface area contributed by atoms with Gasteiger partial charge in [0.25, 0.3) is 5.91 Å². The summed E-state index contributed by atoms with van der Waals surface area (Å²) in [5, 5.41) is 11.5. The molecule has 1 amide bonds. The number of hydrogen-bond acceptors (Lipinski definition) is 3. The Kier molecular flexibility index (Phi) is 6.52. The third kappa shape index (κ3) is 3.86. The number of rotatable bonds is 4. The van der Waals surface area contributed by atoms with Gasteiger partial charge in [0.1, 0.15) is 0 Å². The molecule has 8 heteroatoms. The largest absolute Gasteiger partial charge is 0.333 e. The molecule has 2 aromatic rings. The van der Waals surface area contributed by atoms with Crippen LogP contribution in [0.3, 0.4) is 0 Å². The fourth-order valence-corrected chi connectivity index (χ4v) is 3.06. The van der Waals surface area contributed by atoms with Crippen molar-refractivity contribution < 1.29 is 4.79 Å². The number of amides is 1. The standard InChI is InChI=1S/C16H18Cl2N4O.ClH/c1-2-22(9-10-3-4-12(17)13(18)7-10)16(23)15-11-8-19-6-5-14(11)20-21-15;/h3-4,7,19H,2,5-6,8-9H2,1H3,(H,20,21);1H. The topological polar surface area (TPSA) is 61.0 Å². The molecule has 1 aromatic carbocycles. The molecule has 0 bridgehead atoms. The van der Waals surface area contributed by atoms with E-state index in [2.05, 4.69) is 15.5 Å². The molecule has 130 valence electrons. The first kappa shape index (κ1) is 19.1. The predicted molar refractivity (Wildman–Crippen MR) is 98.1 cm³/mol. The number of halogens is 3. The molecule has 1 aromatic heterocycles. The Morgan fingerprint density at radius 1 is 1.33 bits per heavy atom. The van der Waals surface area contributed by atoms with Gasteiger partial charge in [-0.05, 0) is 24.6 Å². The lowest BCUT2D eigenvalue weighted by Crippen LogP contribution is -2.32. The smallest absolute Gasteiger partial charge is 0.274 e. The van der Waals surface area contributed by atoms with Crippen LogP contribution in [0.25, 0.3) is 0 Å². The van der Waals surface area contributed by atoms with Crippen molar-refractivity contribution in [2.75, 3.05) is 13.1 Å². The number of benzene rings is 1. The van der Waals surface area contributed by atoms with Gasteiger partial charge in [-0.3, -0.25) is 9.89 Å². The molecule has 2 N–H and O–H groups in total. The number of H-pyrrole nitrogens is 1. The molecule has 2 heterocycles. The van der Waals surface area contributed by atoms with Crippen LogP contribution in [0.5, 0.6) is 0 Å². The van der Waals surface area contributed by atoms with Crippen molar-refractivity contribution in [2.24, 2.45) is 0 Å². The van der Waals surface area contributed by atoms with Crippen LogP contribution in [0.2, 0.25) is 10.0 Å². The summed E-state index contributed by atoms with van der Waals surface area (Å²) in [5.74, 6) is -0.0697. The van der Waals surface area contributed by atoms with E-state index in [1.54, 1.807) is 17.0 Å². The Morgan fingerprint density at radius 3 is 2.83 bits per heavy atom. The summed E-state index contributed by atoms with van der Waals surface area (Å²) in [6.45, 7) is 4.60. The van der Waals surface area contributed by atoms with Gasteiger partial charge < -0.3 is 10.2 Å². The Morgan fingerprint density at radius 2 is 2.12 bits per heavy atom. The van der Waals surface area contributed by atoms with E-state index in [4.69, 9.17) is 23.2 Å². The highest BCUT2D eigenvalue weighted by Gasteiger charge is 2.25. The second-order valence-corrected chi connectivity index (χ2v) is 6.34. The number of fused-ring (bicyclic) bond motifs is 1. The first-order chi connectivity index (χ1) is 11.1. The zero-order valence-electron chi connectivity index (χ0n) is 13.2. The SMILES string of the molecule is CCN(Cc1ccc(Cl)c(Cl)c1)C(=O)c1n[nH]c2c1CNCC2.Cl. The number of aromatic nitrogens is 2. The van der Waals surface area contributed by atoms with E-state index in [9.17, 15) is 4.79 Å². The number of carbonyl (C=O) groups is 1. The Bertz CT molecular complexity index is 732. The van der Waals surface area contributed by atoms with Crippen LogP contribution >= 0.6 is 35.6 Å². The first-order valence-corrected chi connectivity index (χ1v) is 8.35. The summed E-state index contributed by atoms with van der Waals surface area (Å²) in [6.07, 6.45) is 0.870. The van der Waals surface area contributed by atoms with Gasteiger partial charge in [-0.15, -0.1) is 12.4 Å². The molecule has 24 heavy (non-hydrogen) atoms. The van der Waals surface area contributed by atoms with Crippen LogP contribution in [0, 0.1) is 0 Å². The van der Waals surface area contributed by atoms with Crippen LogP contribution < -0.4 is 5.32 Å². The zero-order chi connectivity index (χ0) is 16.4. The number of nitrogens with zero attached hydrogens (tertiary/aromatic N) is 2. The molecule has 0 unspecified atom stereocenters. The molecule has 3 rings (SSSR count). The number of aromatic amines is 1. The van der Waals surface area contributed by atoms with E-state index < -0.39 is 0 Å². The van der Waals surface area contributed by atoms with Crippen LogP contribution in [-0.4, -0.2) is 34.1 Å². The van der Waals surface area contributed by atoms with Crippen molar-refractivity contribution in [3.8, 4) is 0 Å². The van der Waals surface area contributed by atoms with Gasteiger partial charge in [-0.25, -0.2) is 0 Å². The molecule has 0 atom stereocenters. The minimum absolute atomic E-state index is 0. The summed E-state index contributed by atoms with van der Waals surface area (Å²) in [7, 11) is 0. The molecule has 0 saturated heterocycles. The quantitative estimate of drug-likeness (QED) is 0.842. The highest BCUT2D eigenvalue weighted by molar-refractivity contribution is 6.42. The van der Waals surface area contributed by atoms with Gasteiger partial charge in [0.2, 0.25) is 0 Å². The van der Waals surface area contributed by atoms with Crippen LogP contribution in [-0.2, 0) is 19.5 Å². The highest BCUT2D eigenvalue weighted by atomic mass is 35.5. The van der Waals surface area contributed by atoms with Crippen LogP contribution in [0.1, 0.15) is 34.2 Å². The maximum absolute atomic E-state index is 12.8. The van der Waals surface area contributed by atoms with Crippen LogP contribution in [0.4, 0.5) is 0 Å². The molecule has 5 nitrogen and oxygen atoms in total. The fraction of sp³-hybridized carbons (Fsp3) is 0.375. The number of nitrogens with one attached hydrogen (secondary N) is 2. The minimum Gasteiger partial charge on any atom is -0.333 e. The predicted octanol–water partition coefficient (Wildman–Crippen LogP) is 3.45. The molecule has 0 saturated carbocycles. The lowest BCUT2D eigenvalue weighted by Gasteiger charge is -2.21. The van der Waals surface area contributed by atoms with E-state index in [1.807, 2.05) is 13.0 Å². The monoisotopic (exact) mass is 388 g/mol. The van der Waals surface area contributed by atoms with Gasteiger partial charge in [-0.2, -0.15) is 5.10 Å². The molecule has 0 aliphatic carbocycles. The Hall–Kier alpha value is -1.27. The van der Waals surface area contributed by atoms with Gasteiger partial charge >= 0.3 is 0 Å². The summed E-state index contributed by atoms with van der Waals surface area (Å²) in [6, 6.07) is 5.42. The van der Waals surface area contributed by atoms with E-state index >= 15 is 0 Å². The zero-order valence-corrected chi connectivity index (χ0v) is 15.6. The number of hydrogen-bond donors (Lipinski definition) is 2. The Balaban J connectivity index is 0.00000208. The van der Waals surface area contributed by atoms with Gasteiger partial charge in [0.05, 0.1) is 10.0 Å². The average Bonchev–Trinajstić information content (AvgIpc) is 2.99. The summed E-state index contributed by atoms with van der Waals surface area (Å²) < 4.78 is 0. The minimum atomic E-state index is -0.0697. The van der Waals surface area contributed by atoms with Crippen LogP contribution in [0.15, 0.2) is 18.2 Å². The molecule has 0 spiro atoms. The molecule has 1 aliphatic heterocycles. The van der Waals surface area contributed by atoms with Gasteiger partial charge in [0.15, 0.2) is 5.69 Å². The third-order valence-corrected chi connectivity index (χ3v) is 4.77. The average molecular weight is 390 g/mol. The maximum Gasteiger partial charge on any atom is 0.274 e. The van der Waals surface area contributed by atoms with E-state index in [0.717, 1.165) is 29.8 Å². The normalized spacial score (nSPS) is 13.1. The van der Waals surface area contributed by atoms with Gasteiger partial charge in [0, 0.05) is 43.9 Å². The summed E-state index contributed by atoms with van der Waals surface area (Å²) in [5.41, 5.74) is 3.48. The fourth-order valence-electron chi connectivity index (χ4n) is 2.74. The second-order valence-electron chi connectivity index (χ2n) is 5.52. The lowest BCUT2D eigenvalue weighted by atomic mass is 10.1. The molecule has 1 aliphatic rings. The van der Waals surface area contributed by atoms with Crippen molar-refractivity contribution >= 4 is 41.5 Å². The highest BCUT2D eigenvalue weighted by Crippen LogP contribution is 2.24. The molecular weight excluding hydrogens is 371 g/mol. The lowest BCUT2D eigenvalue weighted by molar-refractivity contribution is 0.0745. The number of carbonyl (C=O) groups excluding carboxylic acids is 1. The van der Waals surface area contributed by atoms with E-state index in [0.29, 0.717) is 35.4 Å². The van der Waals surface area contributed by atoms with Gasteiger partial charge in [-0.1, -0.05) is 29.3 Å². The van der Waals surface area contributed by atoms with E-state index in [-0.39, 0.29) is 18.3 Å². The summed E-state index contributed by atoms with van der Waals surface area (Å²) >= 11 is 12.0. The van der Waals surface area contributed by atoms with Crippen molar-refractivity contribution in [1.82, 2.24) is 20.4 Å².